The maximum Gasteiger partial charge on any atom is 0.237 e. The molecule has 2 atom stereocenters. The van der Waals surface area contributed by atoms with Crippen LogP contribution in [-0.2, 0) is 9.59 Å². The van der Waals surface area contributed by atoms with E-state index in [9.17, 15) is 9.59 Å². The van der Waals surface area contributed by atoms with Gasteiger partial charge in [0.2, 0.25) is 11.8 Å². The molecule has 2 fully saturated rings. The first-order valence-corrected chi connectivity index (χ1v) is 7.91. The van der Waals surface area contributed by atoms with Gasteiger partial charge in [-0.05, 0) is 11.1 Å². The van der Waals surface area contributed by atoms with Gasteiger partial charge in [-0.25, -0.2) is 0 Å². The van der Waals surface area contributed by atoms with Crippen LogP contribution in [0.2, 0.25) is 0 Å². The molecule has 2 unspecified atom stereocenters. The van der Waals surface area contributed by atoms with Crippen molar-refractivity contribution in [3.05, 3.63) is 71.8 Å². The second-order valence-electron chi connectivity index (χ2n) is 6.22. The fourth-order valence-corrected chi connectivity index (χ4v) is 4.12. The van der Waals surface area contributed by atoms with Crippen molar-refractivity contribution in [2.45, 2.75) is 11.8 Å². The van der Waals surface area contributed by atoms with Crippen molar-refractivity contribution in [3.8, 4) is 0 Å². The third kappa shape index (κ3) is 1.91. The Morgan fingerprint density at radius 2 is 1.09 bits per heavy atom. The van der Waals surface area contributed by atoms with Crippen LogP contribution in [0.15, 0.2) is 60.7 Å². The zero-order valence-corrected chi connectivity index (χ0v) is 12.7. The van der Waals surface area contributed by atoms with E-state index >= 15 is 0 Å². The molecule has 2 aliphatic heterocycles. The lowest BCUT2D eigenvalue weighted by Gasteiger charge is -2.31. The quantitative estimate of drug-likeness (QED) is 0.831. The molecule has 0 aromatic heterocycles. The molecule has 2 aromatic carbocycles. The van der Waals surface area contributed by atoms with Gasteiger partial charge in [0, 0.05) is 24.9 Å². The Hall–Kier alpha value is -2.62. The minimum absolute atomic E-state index is 0.149. The molecule has 4 nitrogen and oxygen atoms in total. The van der Waals surface area contributed by atoms with Gasteiger partial charge >= 0.3 is 0 Å². The summed E-state index contributed by atoms with van der Waals surface area (Å²) in [7, 11) is 0. The molecule has 2 aliphatic rings. The van der Waals surface area contributed by atoms with Crippen molar-refractivity contribution < 1.29 is 9.59 Å². The van der Waals surface area contributed by atoms with Gasteiger partial charge in [-0.1, -0.05) is 60.7 Å². The average molecular weight is 306 g/mol. The van der Waals surface area contributed by atoms with E-state index in [1.807, 2.05) is 60.7 Å². The molecule has 2 amide bonds. The molecule has 2 N–H and O–H groups in total. The summed E-state index contributed by atoms with van der Waals surface area (Å²) in [5.41, 5.74) is 1.01. The summed E-state index contributed by atoms with van der Waals surface area (Å²) in [6, 6.07) is 19.7. The molecular formula is C19H18N2O2. The van der Waals surface area contributed by atoms with Crippen molar-refractivity contribution in [1.29, 1.82) is 0 Å². The van der Waals surface area contributed by atoms with Crippen LogP contribution in [0.1, 0.15) is 23.0 Å². The summed E-state index contributed by atoms with van der Waals surface area (Å²) in [6.45, 7) is 0.999. The summed E-state index contributed by atoms with van der Waals surface area (Å²) < 4.78 is 0. The maximum absolute atomic E-state index is 12.8. The Morgan fingerprint density at radius 1 is 0.696 bits per heavy atom. The van der Waals surface area contributed by atoms with E-state index in [0.717, 1.165) is 11.1 Å². The van der Waals surface area contributed by atoms with Gasteiger partial charge in [0.25, 0.3) is 0 Å². The highest BCUT2D eigenvalue weighted by Gasteiger charge is 2.64. The number of nitrogens with one attached hydrogen (secondary N) is 2. The topological polar surface area (TPSA) is 58.2 Å². The lowest BCUT2D eigenvalue weighted by atomic mass is 9.65. The predicted molar refractivity (Wildman–Crippen MR) is 86.8 cm³/mol. The van der Waals surface area contributed by atoms with Crippen molar-refractivity contribution in [1.82, 2.24) is 10.6 Å². The van der Waals surface area contributed by atoms with Gasteiger partial charge in [-0.3, -0.25) is 9.59 Å². The van der Waals surface area contributed by atoms with Gasteiger partial charge in [0.05, 0.1) is 0 Å². The molecule has 0 saturated carbocycles. The number of benzene rings is 2. The standard InChI is InChI=1S/C19H18N2O2/c22-17-19(15(11-20-17)13-7-3-1-4-8-13)16(12-21-18(19)23)14-9-5-2-6-10-14/h1-10,15-16H,11-12H2,(H,20,22)(H,21,23). The lowest BCUT2D eigenvalue weighted by Crippen LogP contribution is -2.44. The Balaban J connectivity index is 1.87. The third-order valence-electron chi connectivity index (χ3n) is 5.19. The molecule has 4 rings (SSSR count). The fourth-order valence-electron chi connectivity index (χ4n) is 4.12. The van der Waals surface area contributed by atoms with Crippen LogP contribution >= 0.6 is 0 Å². The fraction of sp³-hybridized carbons (Fsp3) is 0.263. The van der Waals surface area contributed by atoms with E-state index < -0.39 is 5.41 Å². The average Bonchev–Trinajstić information content (AvgIpc) is 3.12. The molecule has 1 spiro atoms. The number of carbonyl (C=O) groups is 2. The Labute approximate surface area is 134 Å². The van der Waals surface area contributed by atoms with Gasteiger partial charge < -0.3 is 10.6 Å². The lowest BCUT2D eigenvalue weighted by molar-refractivity contribution is -0.139. The Kier molecular flexibility index (Phi) is 3.18. The number of hydrogen-bond donors (Lipinski definition) is 2. The van der Waals surface area contributed by atoms with E-state index in [1.54, 1.807) is 0 Å². The van der Waals surface area contributed by atoms with Crippen molar-refractivity contribution in [2.24, 2.45) is 5.41 Å². The molecule has 2 aromatic rings. The Morgan fingerprint density at radius 3 is 1.48 bits per heavy atom. The van der Waals surface area contributed by atoms with E-state index in [-0.39, 0.29) is 23.7 Å². The van der Waals surface area contributed by atoms with Crippen LogP contribution in [0.5, 0.6) is 0 Å². The second-order valence-corrected chi connectivity index (χ2v) is 6.22. The summed E-state index contributed by atoms with van der Waals surface area (Å²) in [6.07, 6.45) is 0. The van der Waals surface area contributed by atoms with Crippen LogP contribution in [0.25, 0.3) is 0 Å². The number of rotatable bonds is 2. The van der Waals surface area contributed by atoms with E-state index in [0.29, 0.717) is 13.1 Å². The molecule has 116 valence electrons. The highest BCUT2D eigenvalue weighted by atomic mass is 16.2. The van der Waals surface area contributed by atoms with E-state index in [4.69, 9.17) is 0 Å². The number of carbonyl (C=O) groups excluding carboxylic acids is 2. The smallest absolute Gasteiger partial charge is 0.237 e. The predicted octanol–water partition coefficient (Wildman–Crippen LogP) is 1.80. The SMILES string of the molecule is O=C1NCC(c2ccccc2)C12C(=O)NCC2c1ccccc1. The van der Waals surface area contributed by atoms with Crippen LogP contribution in [-0.4, -0.2) is 24.9 Å². The molecule has 0 radical (unpaired) electrons. The first-order chi connectivity index (χ1) is 11.2. The Bertz CT molecular complexity index is 677. The van der Waals surface area contributed by atoms with Gasteiger partial charge in [-0.15, -0.1) is 0 Å². The largest absolute Gasteiger partial charge is 0.354 e. The van der Waals surface area contributed by atoms with Gasteiger partial charge in [0.15, 0.2) is 0 Å². The molecule has 2 saturated heterocycles. The summed E-state index contributed by atoms with van der Waals surface area (Å²) in [5, 5.41) is 5.86. The van der Waals surface area contributed by atoms with E-state index in [2.05, 4.69) is 10.6 Å². The number of amides is 2. The highest BCUT2D eigenvalue weighted by Crippen LogP contribution is 2.52. The van der Waals surface area contributed by atoms with Crippen LogP contribution in [0.3, 0.4) is 0 Å². The van der Waals surface area contributed by atoms with E-state index in [1.165, 1.54) is 0 Å². The van der Waals surface area contributed by atoms with Crippen molar-refractivity contribution >= 4 is 11.8 Å². The highest BCUT2D eigenvalue weighted by molar-refractivity contribution is 6.10. The molecule has 23 heavy (non-hydrogen) atoms. The molecule has 0 aliphatic carbocycles. The zero-order chi connectivity index (χ0) is 15.9. The van der Waals surface area contributed by atoms with Crippen molar-refractivity contribution in [3.63, 3.8) is 0 Å². The summed E-state index contributed by atoms with van der Waals surface area (Å²) in [5.74, 6) is -0.613. The van der Waals surface area contributed by atoms with Gasteiger partial charge in [0.1, 0.15) is 5.41 Å². The van der Waals surface area contributed by atoms with Crippen molar-refractivity contribution in [2.75, 3.05) is 13.1 Å². The van der Waals surface area contributed by atoms with Gasteiger partial charge in [-0.2, -0.15) is 0 Å². The normalized spacial score (nSPS) is 29.6. The zero-order valence-electron chi connectivity index (χ0n) is 12.7. The molecule has 0 bridgehead atoms. The number of hydrogen-bond acceptors (Lipinski definition) is 2. The minimum Gasteiger partial charge on any atom is -0.354 e. The van der Waals surface area contributed by atoms with Crippen LogP contribution < -0.4 is 10.6 Å². The second kappa shape index (κ2) is 5.23. The third-order valence-corrected chi connectivity index (χ3v) is 5.19. The monoisotopic (exact) mass is 306 g/mol. The van der Waals surface area contributed by atoms with Crippen LogP contribution in [0.4, 0.5) is 0 Å². The first-order valence-electron chi connectivity index (χ1n) is 7.91. The maximum atomic E-state index is 12.8. The minimum atomic E-state index is -1.05. The summed E-state index contributed by atoms with van der Waals surface area (Å²) in [4.78, 5) is 25.6. The molecular weight excluding hydrogens is 288 g/mol. The summed E-state index contributed by atoms with van der Waals surface area (Å²) >= 11 is 0. The molecule has 4 heteroatoms. The molecule has 2 heterocycles. The first kappa shape index (κ1) is 14.0. The van der Waals surface area contributed by atoms with Crippen LogP contribution in [0, 0.1) is 5.41 Å².